The van der Waals surface area contributed by atoms with E-state index in [1.54, 1.807) is 30.0 Å². The van der Waals surface area contributed by atoms with Crippen LogP contribution in [0.3, 0.4) is 0 Å². The highest BCUT2D eigenvalue weighted by Gasteiger charge is 2.44. The Bertz CT molecular complexity index is 1010. The Hall–Kier alpha value is -2.40. The van der Waals surface area contributed by atoms with Crippen molar-refractivity contribution in [1.29, 1.82) is 0 Å². The van der Waals surface area contributed by atoms with Gasteiger partial charge in [-0.1, -0.05) is 38.1 Å². The van der Waals surface area contributed by atoms with E-state index < -0.39 is 5.82 Å². The molecule has 0 bridgehead atoms. The topological polar surface area (TPSA) is 37.4 Å². The van der Waals surface area contributed by atoms with Gasteiger partial charge in [-0.05, 0) is 47.9 Å². The average molecular weight is 410 g/mol. The minimum Gasteiger partial charge on any atom is -0.294 e. The Morgan fingerprint density at radius 3 is 2.38 bits per heavy atom. The van der Waals surface area contributed by atoms with Crippen LogP contribution in [0.25, 0.3) is 0 Å². The number of allylic oxidation sites excluding steroid dienone is 2. The van der Waals surface area contributed by atoms with Crippen LogP contribution in [-0.2, 0) is 9.59 Å². The van der Waals surface area contributed by atoms with E-state index in [1.807, 2.05) is 44.4 Å². The van der Waals surface area contributed by atoms with Crippen LogP contribution in [-0.4, -0.2) is 17.9 Å². The molecule has 29 heavy (non-hydrogen) atoms. The summed E-state index contributed by atoms with van der Waals surface area (Å²) in [5, 5.41) is 0. The fourth-order valence-corrected chi connectivity index (χ4v) is 4.86. The van der Waals surface area contributed by atoms with Crippen LogP contribution in [0.1, 0.15) is 44.6 Å². The molecule has 1 aliphatic heterocycles. The van der Waals surface area contributed by atoms with Gasteiger partial charge in [0.1, 0.15) is 5.82 Å². The number of thioether (sulfide) groups is 1. The predicted octanol–water partition coefficient (Wildman–Crippen LogP) is 5.71. The number of nitrogens with zero attached hydrogens (tertiary/aromatic N) is 1. The number of carbonyl (C=O) groups is 2. The van der Waals surface area contributed by atoms with Gasteiger partial charge in [0.25, 0.3) is 0 Å². The highest BCUT2D eigenvalue weighted by Crippen LogP contribution is 2.48. The fourth-order valence-electron chi connectivity index (χ4n) is 4.45. The van der Waals surface area contributed by atoms with Crippen LogP contribution in [0.2, 0.25) is 0 Å². The molecular formula is C24H24FNO2S. The van der Waals surface area contributed by atoms with Gasteiger partial charge < -0.3 is 0 Å². The van der Waals surface area contributed by atoms with Gasteiger partial charge >= 0.3 is 0 Å². The molecule has 5 heteroatoms. The SMILES string of the molecule is CSc1ccc(C2CC(=O)N(c3ccccc3F)C3=C2C(=O)CC(C)(C)C3)cc1. The number of Topliss-reactive ketones (excluding diaryl/α,β-unsaturated/α-hetero) is 1. The summed E-state index contributed by atoms with van der Waals surface area (Å²) in [5.41, 5.74) is 2.25. The summed E-state index contributed by atoms with van der Waals surface area (Å²) >= 11 is 1.65. The second kappa shape index (κ2) is 7.45. The van der Waals surface area contributed by atoms with Crippen molar-refractivity contribution in [2.45, 2.75) is 43.9 Å². The standard InChI is InChI=1S/C24H24FNO2S/c1-24(2)13-20-23(21(27)14-24)17(15-8-10-16(29-3)11-9-15)12-22(28)26(20)19-7-5-4-6-18(19)25/h4-11,17H,12-14H2,1-3H3. The lowest BCUT2D eigenvalue weighted by molar-refractivity contribution is -0.121. The van der Waals surface area contributed by atoms with Crippen LogP contribution in [0.5, 0.6) is 0 Å². The summed E-state index contributed by atoms with van der Waals surface area (Å²) < 4.78 is 14.6. The van der Waals surface area contributed by atoms with Crippen LogP contribution in [0.15, 0.2) is 64.7 Å². The normalized spacial score (nSPS) is 21.4. The highest BCUT2D eigenvalue weighted by atomic mass is 32.2. The van der Waals surface area contributed by atoms with Crippen molar-refractivity contribution >= 4 is 29.1 Å². The Labute approximate surface area is 175 Å². The van der Waals surface area contributed by atoms with Crippen molar-refractivity contribution in [3.05, 3.63) is 71.2 Å². The summed E-state index contributed by atoms with van der Waals surface area (Å²) in [6.45, 7) is 4.05. The number of amides is 1. The molecule has 0 N–H and O–H groups in total. The van der Waals surface area contributed by atoms with Crippen molar-refractivity contribution in [2.24, 2.45) is 5.41 Å². The lowest BCUT2D eigenvalue weighted by Gasteiger charge is -2.43. The molecule has 0 fully saturated rings. The van der Waals surface area contributed by atoms with E-state index in [0.717, 1.165) is 10.5 Å². The number of rotatable bonds is 3. The van der Waals surface area contributed by atoms with Gasteiger partial charge in [0.05, 0.1) is 5.69 Å². The monoisotopic (exact) mass is 409 g/mol. The number of anilines is 1. The molecule has 0 aromatic heterocycles. The van der Waals surface area contributed by atoms with Gasteiger partial charge in [-0.25, -0.2) is 4.39 Å². The lowest BCUT2D eigenvalue weighted by atomic mass is 9.69. The van der Waals surface area contributed by atoms with E-state index in [2.05, 4.69) is 0 Å². The van der Waals surface area contributed by atoms with Gasteiger partial charge in [0.2, 0.25) is 5.91 Å². The molecule has 0 saturated carbocycles. The van der Waals surface area contributed by atoms with E-state index in [-0.39, 0.29) is 35.1 Å². The highest BCUT2D eigenvalue weighted by molar-refractivity contribution is 7.98. The van der Waals surface area contributed by atoms with Crippen LogP contribution >= 0.6 is 11.8 Å². The number of para-hydroxylation sites is 1. The zero-order valence-corrected chi connectivity index (χ0v) is 17.7. The molecule has 1 unspecified atom stereocenters. The molecule has 0 radical (unpaired) electrons. The van der Waals surface area contributed by atoms with E-state index in [9.17, 15) is 14.0 Å². The van der Waals surface area contributed by atoms with Crippen LogP contribution < -0.4 is 4.90 Å². The maximum absolute atomic E-state index is 14.6. The molecule has 1 heterocycles. The first-order valence-corrected chi connectivity index (χ1v) is 11.0. The zero-order valence-electron chi connectivity index (χ0n) is 16.9. The van der Waals surface area contributed by atoms with Gasteiger partial charge in [-0.3, -0.25) is 14.5 Å². The van der Waals surface area contributed by atoms with Crippen molar-refractivity contribution in [1.82, 2.24) is 0 Å². The Kier molecular flexibility index (Phi) is 5.11. The van der Waals surface area contributed by atoms with Gasteiger partial charge in [0, 0.05) is 34.9 Å². The first-order chi connectivity index (χ1) is 13.8. The molecule has 150 valence electrons. The number of hydrogen-bond acceptors (Lipinski definition) is 3. The minimum absolute atomic E-state index is 0.0593. The first kappa shape index (κ1) is 19.9. The number of hydrogen-bond donors (Lipinski definition) is 0. The van der Waals surface area contributed by atoms with Crippen molar-refractivity contribution in [3.8, 4) is 0 Å². The summed E-state index contributed by atoms with van der Waals surface area (Å²) in [6.07, 6.45) is 3.18. The quantitative estimate of drug-likeness (QED) is 0.609. The molecule has 0 spiro atoms. The number of carbonyl (C=O) groups excluding carboxylic acids is 2. The molecule has 2 aliphatic rings. The lowest BCUT2D eigenvalue weighted by Crippen LogP contribution is -2.44. The smallest absolute Gasteiger partial charge is 0.232 e. The second-order valence-corrected chi connectivity index (χ2v) is 9.39. The number of ketones is 1. The second-order valence-electron chi connectivity index (χ2n) is 8.51. The van der Waals surface area contributed by atoms with Crippen molar-refractivity contribution in [3.63, 3.8) is 0 Å². The largest absolute Gasteiger partial charge is 0.294 e. The Morgan fingerprint density at radius 2 is 1.72 bits per heavy atom. The maximum Gasteiger partial charge on any atom is 0.232 e. The molecule has 2 aromatic rings. The molecule has 4 rings (SSSR count). The molecule has 3 nitrogen and oxygen atoms in total. The molecule has 1 aliphatic carbocycles. The maximum atomic E-state index is 14.6. The molecule has 2 aromatic carbocycles. The summed E-state index contributed by atoms with van der Waals surface area (Å²) in [4.78, 5) is 29.0. The van der Waals surface area contributed by atoms with Crippen molar-refractivity contribution in [2.75, 3.05) is 11.2 Å². The van der Waals surface area contributed by atoms with E-state index >= 15 is 0 Å². The number of benzene rings is 2. The third-order valence-corrected chi connectivity index (χ3v) is 6.50. The number of halogens is 1. The Balaban J connectivity index is 1.88. The summed E-state index contributed by atoms with van der Waals surface area (Å²) in [7, 11) is 0. The molecule has 1 amide bonds. The summed E-state index contributed by atoms with van der Waals surface area (Å²) in [6, 6.07) is 14.3. The van der Waals surface area contributed by atoms with Crippen molar-refractivity contribution < 1.29 is 14.0 Å². The predicted molar refractivity (Wildman–Crippen MR) is 115 cm³/mol. The van der Waals surface area contributed by atoms with Crippen LogP contribution in [0, 0.1) is 11.2 Å². The zero-order chi connectivity index (χ0) is 20.8. The first-order valence-electron chi connectivity index (χ1n) is 9.78. The van der Waals surface area contributed by atoms with Gasteiger partial charge in [-0.2, -0.15) is 0 Å². The Morgan fingerprint density at radius 1 is 1.03 bits per heavy atom. The third-order valence-electron chi connectivity index (χ3n) is 5.75. The fraction of sp³-hybridized carbons (Fsp3) is 0.333. The molecule has 1 atom stereocenters. The third kappa shape index (κ3) is 3.64. The average Bonchev–Trinajstić information content (AvgIpc) is 2.67. The summed E-state index contributed by atoms with van der Waals surface area (Å²) in [5.74, 6) is -0.839. The molecular weight excluding hydrogens is 385 g/mol. The van der Waals surface area contributed by atoms with Crippen LogP contribution in [0.4, 0.5) is 10.1 Å². The van der Waals surface area contributed by atoms with Gasteiger partial charge in [-0.15, -0.1) is 11.8 Å². The van der Waals surface area contributed by atoms with E-state index in [0.29, 0.717) is 24.1 Å². The van der Waals surface area contributed by atoms with E-state index in [4.69, 9.17) is 0 Å². The van der Waals surface area contributed by atoms with Gasteiger partial charge in [0.15, 0.2) is 5.78 Å². The van der Waals surface area contributed by atoms with E-state index in [1.165, 1.54) is 11.0 Å². The molecule has 0 saturated heterocycles. The minimum atomic E-state index is -0.452.